The van der Waals surface area contributed by atoms with E-state index in [0.717, 1.165) is 30.8 Å². The van der Waals surface area contributed by atoms with Gasteiger partial charge in [-0.15, -0.1) is 0 Å². The number of hydrogen-bond acceptors (Lipinski definition) is 5. The molecule has 2 heterocycles. The Kier molecular flexibility index (Phi) is 4.48. The summed E-state index contributed by atoms with van der Waals surface area (Å²) in [4.78, 5) is 12.5. The summed E-state index contributed by atoms with van der Waals surface area (Å²) in [6.45, 7) is 4.17. The molecule has 0 bridgehead atoms. The monoisotopic (exact) mass is 351 g/mol. The molecule has 0 fully saturated rings. The van der Waals surface area contributed by atoms with Crippen LogP contribution in [-0.2, 0) is 0 Å². The first-order valence-corrected chi connectivity index (χ1v) is 8.82. The third-order valence-corrected chi connectivity index (χ3v) is 4.41. The number of rotatable bonds is 3. The van der Waals surface area contributed by atoms with Gasteiger partial charge in [-0.2, -0.15) is 5.10 Å². The average Bonchev–Trinajstić information content (AvgIpc) is 2.95. The number of carbonyl (C=O) groups is 1. The molecule has 2 aliphatic rings. The van der Waals surface area contributed by atoms with Gasteiger partial charge in [0.25, 0.3) is 5.91 Å². The maximum atomic E-state index is 12.5. The van der Waals surface area contributed by atoms with Crippen LogP contribution in [0.3, 0.4) is 0 Å². The molecule has 134 valence electrons. The van der Waals surface area contributed by atoms with Gasteiger partial charge < -0.3 is 14.8 Å². The van der Waals surface area contributed by atoms with Crippen LogP contribution in [0.4, 0.5) is 11.4 Å². The van der Waals surface area contributed by atoms with Crippen molar-refractivity contribution in [1.29, 1.82) is 0 Å². The van der Waals surface area contributed by atoms with Gasteiger partial charge in [0, 0.05) is 42.4 Å². The van der Waals surface area contributed by atoms with Crippen LogP contribution in [0.25, 0.3) is 0 Å². The summed E-state index contributed by atoms with van der Waals surface area (Å²) in [6, 6.07) is 12.9. The molecule has 0 saturated carbocycles. The van der Waals surface area contributed by atoms with Crippen LogP contribution in [0.1, 0.15) is 30.1 Å². The lowest BCUT2D eigenvalue weighted by atomic mass is 10.1. The van der Waals surface area contributed by atoms with Gasteiger partial charge in [0.1, 0.15) is 0 Å². The predicted octanol–water partition coefficient (Wildman–Crippen LogP) is 3.69. The molecule has 2 aromatic rings. The minimum Gasteiger partial charge on any atom is -0.490 e. The Balaban J connectivity index is 1.45. The van der Waals surface area contributed by atoms with Crippen molar-refractivity contribution in [2.45, 2.75) is 19.8 Å². The number of benzene rings is 2. The highest BCUT2D eigenvalue weighted by Crippen LogP contribution is 2.32. The second kappa shape index (κ2) is 7.07. The number of nitrogens with zero attached hydrogens (tertiary/aromatic N) is 2. The number of hydrazone groups is 1. The van der Waals surface area contributed by atoms with Gasteiger partial charge in [-0.25, -0.2) is 0 Å². The fraction of sp³-hybridized carbons (Fsp3) is 0.300. The van der Waals surface area contributed by atoms with E-state index < -0.39 is 0 Å². The Morgan fingerprint density at radius 3 is 2.58 bits per heavy atom. The quantitative estimate of drug-likeness (QED) is 0.916. The molecule has 0 unspecified atom stereocenters. The van der Waals surface area contributed by atoms with Crippen molar-refractivity contribution in [3.8, 4) is 11.5 Å². The van der Waals surface area contributed by atoms with E-state index in [0.29, 0.717) is 36.0 Å². The number of nitrogens with one attached hydrogen (secondary N) is 1. The standard InChI is InChI=1S/C20H21N3O3/c1-14-9-10-23(22-14)17-6-3-15(4-7-17)20(24)21-16-5-8-18-19(13-16)26-12-2-11-25-18/h3-8,13H,2,9-12H2,1H3,(H,21,24). The Hall–Kier alpha value is -3.02. The fourth-order valence-electron chi connectivity index (χ4n) is 2.99. The summed E-state index contributed by atoms with van der Waals surface area (Å²) in [6.07, 6.45) is 1.83. The summed E-state index contributed by atoms with van der Waals surface area (Å²) < 4.78 is 11.3. The molecule has 1 N–H and O–H groups in total. The van der Waals surface area contributed by atoms with Crippen molar-refractivity contribution in [2.75, 3.05) is 30.1 Å². The van der Waals surface area contributed by atoms with Crippen molar-refractivity contribution >= 4 is 23.0 Å². The van der Waals surface area contributed by atoms with Gasteiger partial charge in [0.05, 0.1) is 18.9 Å². The molecule has 0 aliphatic carbocycles. The molecule has 0 atom stereocenters. The number of fused-ring (bicyclic) bond motifs is 1. The van der Waals surface area contributed by atoms with Crippen LogP contribution in [0.15, 0.2) is 47.6 Å². The van der Waals surface area contributed by atoms with Crippen LogP contribution in [0, 0.1) is 0 Å². The molecule has 0 radical (unpaired) electrons. The third-order valence-electron chi connectivity index (χ3n) is 4.41. The maximum Gasteiger partial charge on any atom is 0.255 e. The second-order valence-electron chi connectivity index (χ2n) is 6.42. The van der Waals surface area contributed by atoms with E-state index in [1.54, 1.807) is 6.07 Å². The van der Waals surface area contributed by atoms with E-state index >= 15 is 0 Å². The topological polar surface area (TPSA) is 63.2 Å². The summed E-state index contributed by atoms with van der Waals surface area (Å²) in [5, 5.41) is 9.34. The Bertz CT molecular complexity index is 846. The summed E-state index contributed by atoms with van der Waals surface area (Å²) in [5.41, 5.74) is 3.40. The Morgan fingerprint density at radius 2 is 1.85 bits per heavy atom. The van der Waals surface area contributed by atoms with Crippen molar-refractivity contribution in [3.63, 3.8) is 0 Å². The van der Waals surface area contributed by atoms with E-state index in [1.807, 2.05) is 48.3 Å². The lowest BCUT2D eigenvalue weighted by Gasteiger charge is -2.14. The maximum absolute atomic E-state index is 12.5. The minimum absolute atomic E-state index is 0.160. The average molecular weight is 351 g/mol. The van der Waals surface area contributed by atoms with Crippen LogP contribution in [0.2, 0.25) is 0 Å². The van der Waals surface area contributed by atoms with Gasteiger partial charge in [-0.3, -0.25) is 9.80 Å². The Morgan fingerprint density at radius 1 is 1.08 bits per heavy atom. The van der Waals surface area contributed by atoms with Gasteiger partial charge in [-0.05, 0) is 43.3 Å². The first-order valence-electron chi connectivity index (χ1n) is 8.82. The second-order valence-corrected chi connectivity index (χ2v) is 6.42. The molecule has 0 saturated heterocycles. The molecule has 2 aliphatic heterocycles. The zero-order valence-electron chi connectivity index (χ0n) is 14.7. The van der Waals surface area contributed by atoms with Crippen LogP contribution in [-0.4, -0.2) is 31.4 Å². The van der Waals surface area contributed by atoms with Gasteiger partial charge in [-0.1, -0.05) is 0 Å². The van der Waals surface area contributed by atoms with E-state index in [9.17, 15) is 4.79 Å². The molecule has 4 rings (SSSR count). The number of hydrogen-bond donors (Lipinski definition) is 1. The Labute approximate surface area is 152 Å². The molecule has 26 heavy (non-hydrogen) atoms. The SMILES string of the molecule is CC1=NN(c2ccc(C(=O)Nc3ccc4c(c3)OCCCO4)cc2)CC1. The van der Waals surface area contributed by atoms with Gasteiger partial charge in [0.2, 0.25) is 0 Å². The first-order chi connectivity index (χ1) is 12.7. The van der Waals surface area contributed by atoms with E-state index in [2.05, 4.69) is 10.4 Å². The summed E-state index contributed by atoms with van der Waals surface area (Å²) in [7, 11) is 0. The first kappa shape index (κ1) is 16.4. The molecule has 0 spiro atoms. The predicted molar refractivity (Wildman–Crippen MR) is 102 cm³/mol. The van der Waals surface area contributed by atoms with Crippen molar-refractivity contribution < 1.29 is 14.3 Å². The molecule has 1 amide bonds. The highest BCUT2D eigenvalue weighted by molar-refractivity contribution is 6.04. The molecule has 6 heteroatoms. The van der Waals surface area contributed by atoms with Crippen LogP contribution >= 0.6 is 0 Å². The largest absolute Gasteiger partial charge is 0.490 e. The highest BCUT2D eigenvalue weighted by atomic mass is 16.5. The molecule has 6 nitrogen and oxygen atoms in total. The van der Waals surface area contributed by atoms with Gasteiger partial charge >= 0.3 is 0 Å². The molecule has 0 aromatic heterocycles. The zero-order chi connectivity index (χ0) is 17.9. The van der Waals surface area contributed by atoms with Crippen molar-refractivity contribution in [3.05, 3.63) is 48.0 Å². The number of ether oxygens (including phenoxy) is 2. The number of amides is 1. The smallest absolute Gasteiger partial charge is 0.255 e. The van der Waals surface area contributed by atoms with Gasteiger partial charge in [0.15, 0.2) is 11.5 Å². The zero-order valence-corrected chi connectivity index (χ0v) is 14.7. The summed E-state index contributed by atoms with van der Waals surface area (Å²) >= 11 is 0. The summed E-state index contributed by atoms with van der Waals surface area (Å²) in [5.74, 6) is 1.22. The van der Waals surface area contributed by atoms with E-state index in [-0.39, 0.29) is 5.91 Å². The van der Waals surface area contributed by atoms with Crippen LogP contribution in [0.5, 0.6) is 11.5 Å². The van der Waals surface area contributed by atoms with E-state index in [4.69, 9.17) is 9.47 Å². The molecular formula is C20H21N3O3. The number of anilines is 2. The highest BCUT2D eigenvalue weighted by Gasteiger charge is 2.15. The third kappa shape index (κ3) is 3.49. The lowest BCUT2D eigenvalue weighted by Crippen LogP contribution is -2.14. The van der Waals surface area contributed by atoms with E-state index in [1.165, 1.54) is 0 Å². The normalized spacial score (nSPS) is 16.0. The van der Waals surface area contributed by atoms with Crippen molar-refractivity contribution in [2.24, 2.45) is 5.10 Å². The van der Waals surface area contributed by atoms with Crippen molar-refractivity contribution in [1.82, 2.24) is 0 Å². The molecular weight excluding hydrogens is 330 g/mol. The lowest BCUT2D eigenvalue weighted by molar-refractivity contribution is 0.102. The molecule has 2 aromatic carbocycles. The number of carbonyl (C=O) groups excluding carboxylic acids is 1. The van der Waals surface area contributed by atoms with Crippen LogP contribution < -0.4 is 19.8 Å². The minimum atomic E-state index is -0.160. The fourth-order valence-corrected chi connectivity index (χ4v) is 2.99.